The Morgan fingerprint density at radius 2 is 1.04 bits per heavy atom. The summed E-state index contributed by atoms with van der Waals surface area (Å²) in [6.45, 7) is 0. The topological polar surface area (TPSA) is 34.1 Å². The summed E-state index contributed by atoms with van der Waals surface area (Å²) in [5.41, 5.74) is 1.71. The van der Waals surface area contributed by atoms with Crippen LogP contribution in [0.4, 0.5) is 0 Å². The average molecular weight is 348 g/mol. The van der Waals surface area contributed by atoms with Crippen molar-refractivity contribution < 1.29 is 9.00 Å². The van der Waals surface area contributed by atoms with Crippen LogP contribution in [0.15, 0.2) is 91.0 Å². The number of carbonyl (C=O) groups excluding carboxylic acids is 1. The van der Waals surface area contributed by atoms with Crippen LogP contribution < -0.4 is 0 Å². The highest BCUT2D eigenvalue weighted by Crippen LogP contribution is 2.40. The van der Waals surface area contributed by atoms with Crippen molar-refractivity contribution in [2.75, 3.05) is 12.0 Å². The number of Topliss-reactive ketones (excluding diaryl/α,β-unsaturated/α-hetero) is 1. The highest BCUT2D eigenvalue weighted by atomic mass is 32.2. The van der Waals surface area contributed by atoms with Gasteiger partial charge in [0, 0.05) is 17.1 Å². The number of benzene rings is 3. The number of ketones is 1. The minimum absolute atomic E-state index is 0.0126. The van der Waals surface area contributed by atoms with Crippen molar-refractivity contribution in [2.24, 2.45) is 0 Å². The monoisotopic (exact) mass is 348 g/mol. The summed E-state index contributed by atoms with van der Waals surface area (Å²) in [6, 6.07) is 29.2. The predicted octanol–water partition coefficient (Wildman–Crippen LogP) is 3.97. The molecule has 0 saturated heterocycles. The molecule has 0 radical (unpaired) electrons. The van der Waals surface area contributed by atoms with Crippen LogP contribution in [-0.2, 0) is 21.0 Å². The fourth-order valence-electron chi connectivity index (χ4n) is 3.34. The molecule has 0 heterocycles. The second-order valence-electron chi connectivity index (χ2n) is 5.99. The molecule has 0 aliphatic rings. The zero-order chi connectivity index (χ0) is 17.7. The fourth-order valence-corrected chi connectivity index (χ4v) is 3.93. The second kappa shape index (κ2) is 7.58. The van der Waals surface area contributed by atoms with Gasteiger partial charge in [-0.2, -0.15) is 0 Å². The van der Waals surface area contributed by atoms with Crippen molar-refractivity contribution >= 4 is 16.6 Å². The van der Waals surface area contributed by atoms with Gasteiger partial charge in [-0.1, -0.05) is 91.0 Å². The second-order valence-corrected chi connectivity index (χ2v) is 7.42. The zero-order valence-electron chi connectivity index (χ0n) is 14.1. The molecule has 1 unspecified atom stereocenters. The van der Waals surface area contributed by atoms with Gasteiger partial charge in [-0.25, -0.2) is 0 Å². The highest BCUT2D eigenvalue weighted by Gasteiger charge is 2.43. The summed E-state index contributed by atoms with van der Waals surface area (Å²) in [6.07, 6.45) is 1.57. The summed E-state index contributed by atoms with van der Waals surface area (Å²) in [5.74, 6) is -0.0458. The highest BCUT2D eigenvalue weighted by molar-refractivity contribution is 7.85. The van der Waals surface area contributed by atoms with Gasteiger partial charge in [0.25, 0.3) is 0 Å². The molecule has 3 heteroatoms. The molecule has 0 aromatic heterocycles. The van der Waals surface area contributed by atoms with Gasteiger partial charge in [0.1, 0.15) is 5.41 Å². The summed E-state index contributed by atoms with van der Waals surface area (Å²) < 4.78 is 11.9. The van der Waals surface area contributed by atoms with Crippen LogP contribution in [0.1, 0.15) is 16.7 Å². The lowest BCUT2D eigenvalue weighted by atomic mass is 9.67. The van der Waals surface area contributed by atoms with Crippen molar-refractivity contribution in [3.05, 3.63) is 108 Å². The Bertz CT molecular complexity index is 762. The van der Waals surface area contributed by atoms with E-state index in [9.17, 15) is 9.00 Å². The standard InChI is InChI=1S/C22H20O2S/c1-25(24)17-21(23)22(18-11-5-2-6-12-18,19-13-7-3-8-14-19)20-15-9-4-10-16-20/h2-16H,17H2,1H3. The van der Waals surface area contributed by atoms with E-state index in [1.54, 1.807) is 6.26 Å². The van der Waals surface area contributed by atoms with Crippen LogP contribution in [0, 0.1) is 0 Å². The third-order valence-corrected chi connectivity index (χ3v) is 5.04. The zero-order valence-corrected chi connectivity index (χ0v) is 14.9. The van der Waals surface area contributed by atoms with Crippen molar-refractivity contribution in [3.8, 4) is 0 Å². The fraction of sp³-hybridized carbons (Fsp3) is 0.136. The Morgan fingerprint density at radius 3 is 1.32 bits per heavy atom. The van der Waals surface area contributed by atoms with Crippen LogP contribution in [0.2, 0.25) is 0 Å². The molecule has 3 aromatic carbocycles. The van der Waals surface area contributed by atoms with Crippen molar-refractivity contribution in [3.63, 3.8) is 0 Å². The largest absolute Gasteiger partial charge is 0.297 e. The molecule has 0 aliphatic carbocycles. The van der Waals surface area contributed by atoms with Crippen LogP contribution in [0.5, 0.6) is 0 Å². The van der Waals surface area contributed by atoms with Crippen molar-refractivity contribution in [1.82, 2.24) is 0 Å². The van der Waals surface area contributed by atoms with Gasteiger partial charge in [-0.3, -0.25) is 9.00 Å². The van der Waals surface area contributed by atoms with E-state index >= 15 is 0 Å². The quantitative estimate of drug-likeness (QED) is 0.632. The third-order valence-electron chi connectivity index (χ3n) is 4.37. The molecule has 0 amide bonds. The smallest absolute Gasteiger partial charge is 0.164 e. The predicted molar refractivity (Wildman–Crippen MR) is 103 cm³/mol. The van der Waals surface area contributed by atoms with Gasteiger partial charge in [0.05, 0.1) is 5.75 Å². The molecular weight excluding hydrogens is 328 g/mol. The summed E-state index contributed by atoms with van der Waals surface area (Å²) >= 11 is 0. The number of rotatable bonds is 6. The Hall–Kier alpha value is -2.52. The molecule has 126 valence electrons. The molecule has 0 fully saturated rings. The van der Waals surface area contributed by atoms with E-state index in [4.69, 9.17) is 0 Å². The maximum atomic E-state index is 13.5. The summed E-state index contributed by atoms with van der Waals surface area (Å²) in [5, 5.41) is 0. The minimum atomic E-state index is -1.21. The molecule has 3 rings (SSSR count). The SMILES string of the molecule is CS(=O)CC(=O)C(c1ccccc1)(c1ccccc1)c1ccccc1. The summed E-state index contributed by atoms with van der Waals surface area (Å²) in [7, 11) is -1.21. The first-order valence-corrected chi connectivity index (χ1v) is 9.88. The Labute approximate surface area is 151 Å². The molecule has 0 spiro atoms. The van der Waals surface area contributed by atoms with Gasteiger partial charge in [0.15, 0.2) is 5.78 Å². The van der Waals surface area contributed by atoms with E-state index in [0.29, 0.717) is 0 Å². The Morgan fingerprint density at radius 1 is 0.720 bits per heavy atom. The van der Waals surface area contributed by atoms with Crippen molar-refractivity contribution in [2.45, 2.75) is 5.41 Å². The van der Waals surface area contributed by atoms with E-state index in [1.807, 2.05) is 91.0 Å². The van der Waals surface area contributed by atoms with Crippen molar-refractivity contribution in [1.29, 1.82) is 0 Å². The minimum Gasteiger partial charge on any atom is -0.297 e. The van der Waals surface area contributed by atoms with Gasteiger partial charge < -0.3 is 0 Å². The molecule has 0 bridgehead atoms. The van der Waals surface area contributed by atoms with E-state index in [0.717, 1.165) is 16.7 Å². The lowest BCUT2D eigenvalue weighted by Gasteiger charge is -2.34. The van der Waals surface area contributed by atoms with Crippen LogP contribution in [0.3, 0.4) is 0 Å². The number of hydrogen-bond donors (Lipinski definition) is 0. The van der Waals surface area contributed by atoms with Crippen LogP contribution in [-0.4, -0.2) is 22.0 Å². The van der Waals surface area contributed by atoms with E-state index in [2.05, 4.69) is 0 Å². The van der Waals surface area contributed by atoms with Crippen LogP contribution in [0.25, 0.3) is 0 Å². The number of carbonyl (C=O) groups is 1. The Balaban J connectivity index is 2.36. The normalized spacial score (nSPS) is 12.5. The van der Waals surface area contributed by atoms with Crippen LogP contribution >= 0.6 is 0 Å². The maximum Gasteiger partial charge on any atom is 0.164 e. The Kier molecular flexibility index (Phi) is 5.25. The molecule has 2 nitrogen and oxygen atoms in total. The molecule has 0 aliphatic heterocycles. The third kappa shape index (κ3) is 3.33. The molecule has 0 saturated carbocycles. The summed E-state index contributed by atoms with van der Waals surface area (Å²) in [4.78, 5) is 13.5. The molecule has 1 atom stereocenters. The van der Waals surface area contributed by atoms with E-state index < -0.39 is 16.2 Å². The first-order valence-electron chi connectivity index (χ1n) is 8.15. The molecule has 3 aromatic rings. The maximum absolute atomic E-state index is 13.5. The van der Waals surface area contributed by atoms with Gasteiger partial charge in [-0.05, 0) is 16.7 Å². The first kappa shape index (κ1) is 17.3. The molecule has 25 heavy (non-hydrogen) atoms. The van der Waals surface area contributed by atoms with Gasteiger partial charge in [0.2, 0.25) is 0 Å². The van der Waals surface area contributed by atoms with Gasteiger partial charge >= 0.3 is 0 Å². The lowest BCUT2D eigenvalue weighted by molar-refractivity contribution is -0.119. The first-order chi connectivity index (χ1) is 12.2. The van der Waals surface area contributed by atoms with E-state index in [1.165, 1.54) is 0 Å². The average Bonchev–Trinajstić information content (AvgIpc) is 2.64. The van der Waals surface area contributed by atoms with E-state index in [-0.39, 0.29) is 11.5 Å². The molecule has 0 N–H and O–H groups in total. The molecular formula is C22H20O2S. The number of hydrogen-bond acceptors (Lipinski definition) is 2. The lowest BCUT2D eigenvalue weighted by Crippen LogP contribution is -2.41. The van der Waals surface area contributed by atoms with Gasteiger partial charge in [-0.15, -0.1) is 0 Å².